The number of hydrogen-bond acceptors (Lipinski definition) is 6. The topological polar surface area (TPSA) is 105 Å². The van der Waals surface area contributed by atoms with Gasteiger partial charge in [0.05, 0.1) is 18.1 Å². The van der Waals surface area contributed by atoms with Crippen LogP contribution in [0.1, 0.15) is 37.0 Å². The maximum Gasteiger partial charge on any atom is 0.260 e. The number of sulfonamides is 1. The highest BCUT2D eigenvalue weighted by molar-refractivity contribution is 7.89. The Labute approximate surface area is 207 Å². The lowest BCUT2D eigenvalue weighted by Crippen LogP contribution is -2.42. The zero-order chi connectivity index (χ0) is 25.3. The molecule has 1 saturated heterocycles. The van der Waals surface area contributed by atoms with Crippen molar-refractivity contribution in [3.8, 4) is 5.75 Å². The van der Waals surface area contributed by atoms with E-state index in [1.807, 2.05) is 13.8 Å². The molecule has 0 aromatic heterocycles. The van der Waals surface area contributed by atoms with Crippen molar-refractivity contribution in [1.82, 2.24) is 9.21 Å². The van der Waals surface area contributed by atoms with Gasteiger partial charge in [0.25, 0.3) is 11.8 Å². The van der Waals surface area contributed by atoms with Gasteiger partial charge < -0.3 is 19.7 Å². The summed E-state index contributed by atoms with van der Waals surface area (Å²) in [5, 5.41) is 2.78. The van der Waals surface area contributed by atoms with Crippen LogP contribution in [0.4, 0.5) is 5.69 Å². The van der Waals surface area contributed by atoms with Gasteiger partial charge in [-0.1, -0.05) is 19.9 Å². The lowest BCUT2D eigenvalue weighted by molar-refractivity contribution is -0.137. The number of hydrogen-bond donors (Lipinski definition) is 1. The van der Waals surface area contributed by atoms with Crippen LogP contribution in [0.25, 0.3) is 0 Å². The first-order chi connectivity index (χ1) is 16.8. The molecule has 10 heteroatoms. The van der Waals surface area contributed by atoms with Crippen LogP contribution < -0.4 is 10.1 Å². The molecule has 2 aromatic carbocycles. The van der Waals surface area contributed by atoms with E-state index in [0.29, 0.717) is 56.4 Å². The Morgan fingerprint density at radius 1 is 1.03 bits per heavy atom. The zero-order valence-electron chi connectivity index (χ0n) is 20.2. The quantitative estimate of drug-likeness (QED) is 0.506. The molecule has 9 nitrogen and oxygen atoms in total. The molecule has 0 aliphatic carbocycles. The van der Waals surface area contributed by atoms with Crippen LogP contribution in [0.5, 0.6) is 5.75 Å². The molecule has 1 heterocycles. The van der Waals surface area contributed by atoms with Crippen molar-refractivity contribution in [1.29, 1.82) is 0 Å². The summed E-state index contributed by atoms with van der Waals surface area (Å²) >= 11 is 0. The van der Waals surface area contributed by atoms with Crippen LogP contribution >= 0.6 is 0 Å². The molecule has 1 fully saturated rings. The number of ether oxygens (including phenoxy) is 2. The highest BCUT2D eigenvalue weighted by Crippen LogP contribution is 2.20. The Kier molecular flexibility index (Phi) is 9.64. The van der Waals surface area contributed by atoms with Gasteiger partial charge in [0.2, 0.25) is 10.0 Å². The standard InChI is InChI=1S/C25H33N3O6S/c1-3-12-28(13-4-2)35(31,32)23-10-8-20(9-11-23)25(30)26-21-6-5-7-22(18-21)34-19-24(29)27-14-16-33-17-15-27/h5-11,18H,3-4,12-17,19H2,1-2H3,(H,26,30). The summed E-state index contributed by atoms with van der Waals surface area (Å²) in [6.45, 7) is 6.83. The molecule has 0 atom stereocenters. The Balaban J connectivity index is 1.61. The number of carbonyl (C=O) groups excluding carboxylic acids is 2. The molecule has 190 valence electrons. The maximum atomic E-state index is 12.9. The molecule has 0 spiro atoms. The number of nitrogens with zero attached hydrogens (tertiary/aromatic N) is 2. The van der Waals surface area contributed by atoms with E-state index in [1.165, 1.54) is 28.6 Å². The molecule has 1 N–H and O–H groups in total. The van der Waals surface area contributed by atoms with Gasteiger partial charge in [-0.15, -0.1) is 0 Å². The lowest BCUT2D eigenvalue weighted by atomic mass is 10.2. The number of rotatable bonds is 11. The molecule has 0 unspecified atom stereocenters. The predicted molar refractivity (Wildman–Crippen MR) is 133 cm³/mol. The summed E-state index contributed by atoms with van der Waals surface area (Å²) in [6, 6.07) is 12.7. The average Bonchev–Trinajstić information content (AvgIpc) is 2.88. The summed E-state index contributed by atoms with van der Waals surface area (Å²) in [7, 11) is -3.61. The third kappa shape index (κ3) is 7.27. The Hall–Kier alpha value is -2.95. The Morgan fingerprint density at radius 3 is 2.31 bits per heavy atom. The number of carbonyl (C=O) groups is 2. The summed E-state index contributed by atoms with van der Waals surface area (Å²) in [5.74, 6) is -0.0403. The van der Waals surface area contributed by atoms with Gasteiger partial charge in [0.1, 0.15) is 5.75 Å². The third-order valence-electron chi connectivity index (χ3n) is 5.52. The van der Waals surface area contributed by atoms with Gasteiger partial charge in [0, 0.05) is 43.5 Å². The largest absolute Gasteiger partial charge is 0.484 e. The van der Waals surface area contributed by atoms with Gasteiger partial charge in [-0.25, -0.2) is 8.42 Å². The molecule has 0 radical (unpaired) electrons. The molecule has 3 rings (SSSR count). The number of anilines is 1. The smallest absolute Gasteiger partial charge is 0.260 e. The molecule has 2 amide bonds. The Bertz CT molecular complexity index is 1090. The van der Waals surface area contributed by atoms with E-state index in [-0.39, 0.29) is 23.3 Å². The van der Waals surface area contributed by atoms with Crippen LogP contribution in [-0.2, 0) is 19.6 Å². The molecule has 2 aromatic rings. The molecule has 0 bridgehead atoms. The van der Waals surface area contributed by atoms with E-state index in [2.05, 4.69) is 5.32 Å². The summed E-state index contributed by atoms with van der Waals surface area (Å²) in [4.78, 5) is 26.8. The van der Waals surface area contributed by atoms with E-state index >= 15 is 0 Å². The molecular weight excluding hydrogens is 470 g/mol. The van der Waals surface area contributed by atoms with Gasteiger partial charge in [-0.05, 0) is 49.2 Å². The van der Waals surface area contributed by atoms with Gasteiger partial charge >= 0.3 is 0 Å². The molecule has 1 aliphatic heterocycles. The first-order valence-corrected chi connectivity index (χ1v) is 13.3. The van der Waals surface area contributed by atoms with Crippen molar-refractivity contribution >= 4 is 27.5 Å². The number of benzene rings is 2. The van der Waals surface area contributed by atoms with Crippen LogP contribution in [-0.4, -0.2) is 75.4 Å². The van der Waals surface area contributed by atoms with Crippen molar-refractivity contribution in [3.63, 3.8) is 0 Å². The van der Waals surface area contributed by atoms with Gasteiger partial charge in [0.15, 0.2) is 6.61 Å². The summed E-state index contributed by atoms with van der Waals surface area (Å²) in [6.07, 6.45) is 1.45. The van der Waals surface area contributed by atoms with Crippen molar-refractivity contribution in [2.75, 3.05) is 51.3 Å². The van der Waals surface area contributed by atoms with Gasteiger partial charge in [-0.3, -0.25) is 9.59 Å². The fourth-order valence-corrected chi connectivity index (χ4v) is 5.32. The van der Waals surface area contributed by atoms with E-state index in [9.17, 15) is 18.0 Å². The Morgan fingerprint density at radius 2 is 1.69 bits per heavy atom. The fraction of sp³-hybridized carbons (Fsp3) is 0.440. The fourth-order valence-electron chi connectivity index (χ4n) is 3.69. The summed E-state index contributed by atoms with van der Waals surface area (Å²) < 4.78 is 38.1. The van der Waals surface area contributed by atoms with Crippen molar-refractivity contribution < 1.29 is 27.5 Å². The number of amides is 2. The molecule has 35 heavy (non-hydrogen) atoms. The predicted octanol–water partition coefficient (Wildman–Crippen LogP) is 2.99. The van der Waals surface area contributed by atoms with E-state index in [1.54, 1.807) is 29.2 Å². The normalized spacial score (nSPS) is 14.1. The van der Waals surface area contributed by atoms with Crippen molar-refractivity contribution in [3.05, 3.63) is 54.1 Å². The average molecular weight is 504 g/mol. The first kappa shape index (κ1) is 26.7. The molecule has 0 saturated carbocycles. The minimum atomic E-state index is -3.61. The van der Waals surface area contributed by atoms with Gasteiger partial charge in [-0.2, -0.15) is 4.31 Å². The second-order valence-electron chi connectivity index (χ2n) is 8.19. The minimum absolute atomic E-state index is 0.0968. The second kappa shape index (κ2) is 12.7. The van der Waals surface area contributed by atoms with E-state index in [4.69, 9.17) is 9.47 Å². The van der Waals surface area contributed by atoms with Crippen LogP contribution in [0.2, 0.25) is 0 Å². The highest BCUT2D eigenvalue weighted by atomic mass is 32.2. The zero-order valence-corrected chi connectivity index (χ0v) is 21.1. The first-order valence-electron chi connectivity index (χ1n) is 11.8. The van der Waals surface area contributed by atoms with Crippen LogP contribution in [0.15, 0.2) is 53.4 Å². The SMILES string of the molecule is CCCN(CCC)S(=O)(=O)c1ccc(C(=O)Nc2cccc(OCC(=O)N3CCOCC3)c2)cc1. The molecule has 1 aliphatic rings. The number of nitrogens with one attached hydrogen (secondary N) is 1. The monoisotopic (exact) mass is 503 g/mol. The van der Waals surface area contributed by atoms with E-state index < -0.39 is 10.0 Å². The van der Waals surface area contributed by atoms with Crippen LogP contribution in [0.3, 0.4) is 0 Å². The minimum Gasteiger partial charge on any atom is -0.484 e. The lowest BCUT2D eigenvalue weighted by Gasteiger charge is -2.26. The van der Waals surface area contributed by atoms with Crippen LogP contribution in [0, 0.1) is 0 Å². The second-order valence-corrected chi connectivity index (χ2v) is 10.1. The summed E-state index contributed by atoms with van der Waals surface area (Å²) in [5.41, 5.74) is 0.829. The molecular formula is C25H33N3O6S. The maximum absolute atomic E-state index is 12.9. The van der Waals surface area contributed by atoms with Crippen molar-refractivity contribution in [2.45, 2.75) is 31.6 Å². The van der Waals surface area contributed by atoms with E-state index in [0.717, 1.165) is 12.8 Å². The third-order valence-corrected chi connectivity index (χ3v) is 7.43. The number of morpholine rings is 1. The van der Waals surface area contributed by atoms with Crippen molar-refractivity contribution in [2.24, 2.45) is 0 Å². The highest BCUT2D eigenvalue weighted by Gasteiger charge is 2.23.